The maximum atomic E-state index is 7.49. The van der Waals surface area contributed by atoms with Crippen LogP contribution in [-0.2, 0) is 40.2 Å². The van der Waals surface area contributed by atoms with E-state index in [1.54, 1.807) is 13.2 Å². The SMILES string of the molecule is CSC(C)OOOOOOOOO. The Morgan fingerprint density at radius 2 is 1.54 bits per heavy atom. The van der Waals surface area contributed by atoms with Crippen LogP contribution in [0.25, 0.3) is 0 Å². The van der Waals surface area contributed by atoms with Gasteiger partial charge in [-0.15, -0.1) is 11.8 Å². The largest absolute Gasteiger partial charge is 0.219 e. The van der Waals surface area contributed by atoms with Gasteiger partial charge in [-0.2, -0.15) is 4.89 Å². The van der Waals surface area contributed by atoms with E-state index in [0.717, 1.165) is 0 Å². The van der Waals surface area contributed by atoms with Gasteiger partial charge >= 0.3 is 0 Å². The minimum atomic E-state index is -0.249. The van der Waals surface area contributed by atoms with Gasteiger partial charge in [-0.3, -0.25) is 0 Å². The second-order valence-electron chi connectivity index (χ2n) is 1.38. The summed E-state index contributed by atoms with van der Waals surface area (Å²) in [6.07, 6.45) is 1.79. The lowest BCUT2D eigenvalue weighted by molar-refractivity contribution is -0.830. The summed E-state index contributed by atoms with van der Waals surface area (Å²) in [5.74, 6) is 0. The van der Waals surface area contributed by atoms with Crippen molar-refractivity contribution in [2.24, 2.45) is 0 Å². The fourth-order valence-electron chi connectivity index (χ4n) is 0.168. The van der Waals surface area contributed by atoms with E-state index < -0.39 is 0 Å². The molecular weight excluding hydrogens is 212 g/mol. The van der Waals surface area contributed by atoms with Crippen molar-refractivity contribution in [2.75, 3.05) is 6.26 Å². The first-order chi connectivity index (χ1) is 6.31. The van der Waals surface area contributed by atoms with Gasteiger partial charge in [-0.1, -0.05) is 0 Å². The Morgan fingerprint density at radius 1 is 1.00 bits per heavy atom. The number of hydrogen-bond acceptors (Lipinski definition) is 10. The molecule has 0 rings (SSSR count). The molecule has 1 N–H and O–H groups in total. The van der Waals surface area contributed by atoms with Crippen LogP contribution >= 0.6 is 11.8 Å². The van der Waals surface area contributed by atoms with E-state index in [-0.39, 0.29) is 5.44 Å². The predicted molar refractivity (Wildman–Crippen MR) is 34.3 cm³/mol. The summed E-state index contributed by atoms with van der Waals surface area (Å²) >= 11 is 1.36. The molecule has 0 spiro atoms. The molecular formula is C3H8O9S. The lowest BCUT2D eigenvalue weighted by Gasteiger charge is -2.04. The van der Waals surface area contributed by atoms with Crippen molar-refractivity contribution in [1.29, 1.82) is 0 Å². The zero-order chi connectivity index (χ0) is 9.94. The average molecular weight is 220 g/mol. The Kier molecular flexibility index (Phi) is 10.1. The maximum Gasteiger partial charge on any atom is 0.138 e. The van der Waals surface area contributed by atoms with Gasteiger partial charge in [0.2, 0.25) is 0 Å². The molecule has 0 aliphatic rings. The Balaban J connectivity index is 2.91. The highest BCUT2D eigenvalue weighted by molar-refractivity contribution is 7.99. The van der Waals surface area contributed by atoms with Gasteiger partial charge in [0.1, 0.15) is 5.44 Å². The quantitative estimate of drug-likeness (QED) is 0.259. The highest BCUT2D eigenvalue weighted by Gasteiger charge is 2.01. The van der Waals surface area contributed by atoms with Gasteiger partial charge in [0, 0.05) is 0 Å². The molecule has 0 bridgehead atoms. The fraction of sp³-hybridized carbons (Fsp3) is 1.00. The summed E-state index contributed by atoms with van der Waals surface area (Å²) in [6, 6.07) is 0. The van der Waals surface area contributed by atoms with Crippen molar-refractivity contribution >= 4 is 11.8 Å². The molecule has 80 valence electrons. The van der Waals surface area contributed by atoms with Crippen LogP contribution in [0.2, 0.25) is 0 Å². The van der Waals surface area contributed by atoms with Crippen LogP contribution in [-0.4, -0.2) is 16.9 Å². The minimum absolute atomic E-state index is 0.249. The third kappa shape index (κ3) is 9.91. The Labute approximate surface area is 76.7 Å². The second-order valence-corrected chi connectivity index (χ2v) is 2.52. The molecule has 13 heavy (non-hydrogen) atoms. The standard InChI is InChI=1S/C3H8O9S/c1-3(13-2)5-7-9-11-12-10-8-6-4/h3-4H,1-2H3. The third-order valence-corrected chi connectivity index (χ3v) is 1.42. The lowest BCUT2D eigenvalue weighted by atomic mass is 10.9. The summed E-state index contributed by atoms with van der Waals surface area (Å²) < 4.78 is 0. The van der Waals surface area contributed by atoms with Crippen LogP contribution in [0.15, 0.2) is 0 Å². The van der Waals surface area contributed by atoms with Gasteiger partial charge in [0.15, 0.2) is 0 Å². The second kappa shape index (κ2) is 10.1. The van der Waals surface area contributed by atoms with E-state index in [0.29, 0.717) is 0 Å². The first-order valence-corrected chi connectivity index (χ1v) is 4.09. The molecule has 0 aromatic heterocycles. The normalized spacial score (nSPS) is 13.2. The van der Waals surface area contributed by atoms with Crippen molar-refractivity contribution < 1.29 is 45.4 Å². The van der Waals surface area contributed by atoms with Gasteiger partial charge in [-0.25, -0.2) is 5.26 Å². The summed E-state index contributed by atoms with van der Waals surface area (Å²) in [7, 11) is 0. The van der Waals surface area contributed by atoms with Crippen LogP contribution in [0.4, 0.5) is 0 Å². The summed E-state index contributed by atoms with van der Waals surface area (Å²) in [6.45, 7) is 1.70. The van der Waals surface area contributed by atoms with E-state index in [1.165, 1.54) is 11.8 Å². The summed E-state index contributed by atoms with van der Waals surface area (Å²) in [5.41, 5.74) is -0.249. The van der Waals surface area contributed by atoms with E-state index in [4.69, 9.17) is 5.26 Å². The van der Waals surface area contributed by atoms with E-state index in [2.05, 4.69) is 40.2 Å². The van der Waals surface area contributed by atoms with Crippen molar-refractivity contribution in [3.8, 4) is 0 Å². The molecule has 0 saturated carbocycles. The number of rotatable bonds is 9. The predicted octanol–water partition coefficient (Wildman–Crippen LogP) is 0.706. The fourth-order valence-corrected chi connectivity index (χ4v) is 0.279. The molecule has 0 fully saturated rings. The van der Waals surface area contributed by atoms with Crippen molar-refractivity contribution in [2.45, 2.75) is 12.4 Å². The first-order valence-electron chi connectivity index (χ1n) is 2.81. The third-order valence-electron chi connectivity index (χ3n) is 0.676. The molecule has 9 nitrogen and oxygen atoms in total. The first kappa shape index (κ1) is 13.0. The van der Waals surface area contributed by atoms with Crippen LogP contribution in [0.3, 0.4) is 0 Å². The van der Waals surface area contributed by atoms with Gasteiger partial charge in [-0.05, 0) is 48.4 Å². The maximum absolute atomic E-state index is 7.49. The van der Waals surface area contributed by atoms with Gasteiger partial charge < -0.3 is 0 Å². The number of thioether (sulfide) groups is 1. The topological polar surface area (TPSA) is 94.1 Å². The molecule has 0 radical (unpaired) electrons. The smallest absolute Gasteiger partial charge is 0.138 e. The van der Waals surface area contributed by atoms with E-state index in [9.17, 15) is 0 Å². The average Bonchev–Trinajstić information content (AvgIpc) is 2.16. The lowest BCUT2D eigenvalue weighted by Crippen LogP contribution is -2.06. The van der Waals surface area contributed by atoms with Crippen molar-refractivity contribution in [3.05, 3.63) is 0 Å². The Morgan fingerprint density at radius 3 is 2.08 bits per heavy atom. The highest BCUT2D eigenvalue weighted by Crippen LogP contribution is 2.06. The van der Waals surface area contributed by atoms with E-state index in [1.807, 2.05) is 0 Å². The monoisotopic (exact) mass is 220 g/mol. The molecule has 0 heterocycles. The molecule has 1 unspecified atom stereocenters. The van der Waals surface area contributed by atoms with E-state index >= 15 is 0 Å². The number of hydrogen-bond donors (Lipinski definition) is 1. The zero-order valence-corrected chi connectivity index (χ0v) is 7.52. The van der Waals surface area contributed by atoms with Gasteiger partial charge in [0.05, 0.1) is 0 Å². The molecule has 0 aromatic rings. The molecule has 10 heteroatoms. The van der Waals surface area contributed by atoms with Crippen molar-refractivity contribution in [1.82, 2.24) is 0 Å². The summed E-state index contributed by atoms with van der Waals surface area (Å²) in [4.78, 5) is 4.46. The molecule has 0 aliphatic carbocycles. The molecule has 1 atom stereocenters. The van der Waals surface area contributed by atoms with Crippen LogP contribution in [0, 0.1) is 0 Å². The zero-order valence-electron chi connectivity index (χ0n) is 6.70. The highest BCUT2D eigenvalue weighted by atomic mass is 32.2. The summed E-state index contributed by atoms with van der Waals surface area (Å²) in [5, 5.41) is 32.1. The molecule has 0 aliphatic heterocycles. The Bertz CT molecular complexity index is 101. The Hall–Kier alpha value is -0.0100. The molecule has 0 aromatic carbocycles. The van der Waals surface area contributed by atoms with Gasteiger partial charge in [0.25, 0.3) is 0 Å². The molecule has 0 saturated heterocycles. The minimum Gasteiger partial charge on any atom is -0.219 e. The van der Waals surface area contributed by atoms with Crippen LogP contribution in [0.5, 0.6) is 0 Å². The van der Waals surface area contributed by atoms with Crippen LogP contribution in [0.1, 0.15) is 6.92 Å². The molecule has 0 amide bonds. The van der Waals surface area contributed by atoms with Crippen molar-refractivity contribution in [3.63, 3.8) is 0 Å². The van der Waals surface area contributed by atoms with Crippen LogP contribution < -0.4 is 0 Å².